The standard InChI is InChI=1S/C16H18N4O3/c1-10-6-5-7-12(13(10)20(22)23)14(21)19-11-8-17-15(18-9-11)16(2,3)4/h5-9H,1-4H3,(H,19,21). The van der Waals surface area contributed by atoms with Crippen molar-refractivity contribution in [1.29, 1.82) is 0 Å². The molecule has 0 unspecified atom stereocenters. The molecule has 0 spiro atoms. The first-order valence-corrected chi connectivity index (χ1v) is 7.08. The number of benzene rings is 1. The van der Waals surface area contributed by atoms with Crippen LogP contribution >= 0.6 is 0 Å². The number of hydrogen-bond acceptors (Lipinski definition) is 5. The van der Waals surface area contributed by atoms with Crippen molar-refractivity contribution in [2.45, 2.75) is 33.1 Å². The highest BCUT2D eigenvalue weighted by atomic mass is 16.6. The van der Waals surface area contributed by atoms with Crippen LogP contribution < -0.4 is 5.32 Å². The van der Waals surface area contributed by atoms with Crippen molar-refractivity contribution in [3.05, 3.63) is 57.7 Å². The van der Waals surface area contributed by atoms with E-state index in [0.29, 0.717) is 17.1 Å². The molecule has 7 nitrogen and oxygen atoms in total. The SMILES string of the molecule is Cc1cccc(C(=O)Nc2cnc(C(C)(C)C)nc2)c1[N+](=O)[O-]. The molecule has 1 N–H and O–H groups in total. The smallest absolute Gasteiger partial charge is 0.285 e. The number of nitro groups is 1. The molecular weight excluding hydrogens is 296 g/mol. The number of hydrogen-bond donors (Lipinski definition) is 1. The van der Waals surface area contributed by atoms with Gasteiger partial charge in [-0.25, -0.2) is 9.97 Å². The summed E-state index contributed by atoms with van der Waals surface area (Å²) in [6.07, 6.45) is 2.99. The Morgan fingerprint density at radius 2 is 1.83 bits per heavy atom. The van der Waals surface area contributed by atoms with E-state index in [1.54, 1.807) is 19.1 Å². The first-order chi connectivity index (χ1) is 10.7. The summed E-state index contributed by atoms with van der Waals surface area (Å²) in [6.45, 7) is 7.54. The molecule has 1 aromatic heterocycles. The molecule has 0 aliphatic carbocycles. The lowest BCUT2D eigenvalue weighted by atomic mass is 9.96. The third-order valence-electron chi connectivity index (χ3n) is 3.25. The van der Waals surface area contributed by atoms with Gasteiger partial charge in [-0.2, -0.15) is 0 Å². The number of rotatable bonds is 3. The summed E-state index contributed by atoms with van der Waals surface area (Å²) in [5.74, 6) is 0.0875. The van der Waals surface area contributed by atoms with Gasteiger partial charge in [-0.05, 0) is 13.0 Å². The number of aryl methyl sites for hydroxylation is 1. The van der Waals surface area contributed by atoms with Crippen molar-refractivity contribution >= 4 is 17.3 Å². The fraction of sp³-hybridized carbons (Fsp3) is 0.312. The minimum Gasteiger partial charge on any atom is -0.319 e. The summed E-state index contributed by atoms with van der Waals surface area (Å²) >= 11 is 0. The Kier molecular flexibility index (Phi) is 4.40. The van der Waals surface area contributed by atoms with Crippen molar-refractivity contribution < 1.29 is 9.72 Å². The monoisotopic (exact) mass is 314 g/mol. The topological polar surface area (TPSA) is 98.0 Å². The van der Waals surface area contributed by atoms with E-state index in [1.807, 2.05) is 20.8 Å². The zero-order valence-corrected chi connectivity index (χ0v) is 13.5. The third kappa shape index (κ3) is 3.68. The molecule has 0 fully saturated rings. The molecule has 0 aliphatic rings. The molecule has 0 saturated heterocycles. The van der Waals surface area contributed by atoms with Crippen LogP contribution in [0.3, 0.4) is 0 Å². The first-order valence-electron chi connectivity index (χ1n) is 7.08. The van der Waals surface area contributed by atoms with Gasteiger partial charge in [-0.15, -0.1) is 0 Å². The Morgan fingerprint density at radius 1 is 1.22 bits per heavy atom. The lowest BCUT2D eigenvalue weighted by molar-refractivity contribution is -0.385. The van der Waals surface area contributed by atoms with Crippen molar-refractivity contribution in [1.82, 2.24) is 9.97 Å². The van der Waals surface area contributed by atoms with E-state index in [1.165, 1.54) is 18.5 Å². The first kappa shape index (κ1) is 16.5. The second-order valence-electron chi connectivity index (χ2n) is 6.23. The highest BCUT2D eigenvalue weighted by Gasteiger charge is 2.23. The van der Waals surface area contributed by atoms with Gasteiger partial charge in [0.05, 0.1) is 23.0 Å². The van der Waals surface area contributed by atoms with E-state index in [4.69, 9.17) is 0 Å². The Labute approximate surface area is 133 Å². The third-order valence-corrected chi connectivity index (χ3v) is 3.25. The van der Waals surface area contributed by atoms with E-state index in [0.717, 1.165) is 0 Å². The second kappa shape index (κ2) is 6.12. The van der Waals surface area contributed by atoms with Gasteiger partial charge in [0.15, 0.2) is 0 Å². The summed E-state index contributed by atoms with van der Waals surface area (Å²) in [5.41, 5.74) is 0.436. The highest BCUT2D eigenvalue weighted by Crippen LogP contribution is 2.24. The molecule has 0 saturated carbocycles. The van der Waals surface area contributed by atoms with Gasteiger partial charge < -0.3 is 5.32 Å². The van der Waals surface area contributed by atoms with Gasteiger partial charge in [0.1, 0.15) is 11.4 Å². The summed E-state index contributed by atoms with van der Waals surface area (Å²) in [6, 6.07) is 4.62. The number of aromatic nitrogens is 2. The van der Waals surface area contributed by atoms with Crippen LogP contribution in [0.4, 0.5) is 11.4 Å². The molecule has 1 heterocycles. The molecule has 2 rings (SSSR count). The van der Waals surface area contributed by atoms with Crippen molar-refractivity contribution in [3.8, 4) is 0 Å². The number of amides is 1. The van der Waals surface area contributed by atoms with E-state index in [9.17, 15) is 14.9 Å². The van der Waals surface area contributed by atoms with E-state index >= 15 is 0 Å². The number of nitro benzene ring substituents is 1. The Balaban J connectivity index is 2.27. The van der Waals surface area contributed by atoms with Gasteiger partial charge in [0.2, 0.25) is 0 Å². The molecule has 0 radical (unpaired) electrons. The van der Waals surface area contributed by atoms with Crippen molar-refractivity contribution in [3.63, 3.8) is 0 Å². The van der Waals surface area contributed by atoms with Crippen molar-refractivity contribution in [2.75, 3.05) is 5.32 Å². The maximum Gasteiger partial charge on any atom is 0.285 e. The normalized spacial score (nSPS) is 11.1. The van der Waals surface area contributed by atoms with Crippen LogP contribution in [0, 0.1) is 17.0 Å². The van der Waals surface area contributed by atoms with Crippen LogP contribution in [0.5, 0.6) is 0 Å². The zero-order valence-electron chi connectivity index (χ0n) is 13.5. The average molecular weight is 314 g/mol. The van der Waals surface area contributed by atoms with Crippen LogP contribution in [-0.2, 0) is 5.41 Å². The van der Waals surface area contributed by atoms with E-state index < -0.39 is 10.8 Å². The molecule has 0 bridgehead atoms. The minimum atomic E-state index is -0.562. The quantitative estimate of drug-likeness (QED) is 0.692. The molecule has 120 valence electrons. The largest absolute Gasteiger partial charge is 0.319 e. The number of para-hydroxylation sites is 1. The summed E-state index contributed by atoms with van der Waals surface area (Å²) in [7, 11) is 0. The number of nitrogens with one attached hydrogen (secondary N) is 1. The number of anilines is 1. The highest BCUT2D eigenvalue weighted by molar-refractivity contribution is 6.07. The van der Waals surface area contributed by atoms with Gasteiger partial charge in [-0.1, -0.05) is 32.9 Å². The van der Waals surface area contributed by atoms with Gasteiger partial charge >= 0.3 is 0 Å². The predicted octanol–water partition coefficient (Wildman–Crippen LogP) is 3.24. The maximum atomic E-state index is 12.3. The fourth-order valence-corrected chi connectivity index (χ4v) is 2.06. The molecule has 1 amide bonds. The molecule has 0 atom stereocenters. The molecule has 23 heavy (non-hydrogen) atoms. The second-order valence-corrected chi connectivity index (χ2v) is 6.23. The average Bonchev–Trinajstić information content (AvgIpc) is 2.46. The number of carbonyl (C=O) groups excluding carboxylic acids is 1. The Morgan fingerprint density at radius 3 is 2.35 bits per heavy atom. The van der Waals surface area contributed by atoms with Crippen LogP contribution in [0.1, 0.15) is 42.5 Å². The molecule has 7 heteroatoms. The van der Waals surface area contributed by atoms with Crippen LogP contribution in [0.25, 0.3) is 0 Å². The van der Waals surface area contributed by atoms with Crippen molar-refractivity contribution in [2.24, 2.45) is 0 Å². The molecule has 1 aromatic carbocycles. The molecule has 2 aromatic rings. The molecule has 0 aliphatic heterocycles. The van der Waals surface area contributed by atoms with Crippen LogP contribution in [-0.4, -0.2) is 20.8 Å². The number of carbonyl (C=O) groups is 1. The summed E-state index contributed by atoms with van der Waals surface area (Å²) < 4.78 is 0. The minimum absolute atomic E-state index is 0.00916. The zero-order chi connectivity index (χ0) is 17.2. The fourth-order valence-electron chi connectivity index (χ4n) is 2.06. The maximum absolute atomic E-state index is 12.3. The lowest BCUT2D eigenvalue weighted by Crippen LogP contribution is -2.18. The Hall–Kier alpha value is -2.83. The molecular formula is C16H18N4O3. The summed E-state index contributed by atoms with van der Waals surface area (Å²) in [5, 5.41) is 13.7. The number of nitrogens with zero attached hydrogens (tertiary/aromatic N) is 3. The Bertz CT molecular complexity index is 749. The van der Waals surface area contributed by atoms with Crippen LogP contribution in [0.15, 0.2) is 30.6 Å². The van der Waals surface area contributed by atoms with Gasteiger partial charge in [0.25, 0.3) is 11.6 Å². The summed E-state index contributed by atoms with van der Waals surface area (Å²) in [4.78, 5) is 31.3. The lowest BCUT2D eigenvalue weighted by Gasteiger charge is -2.16. The van der Waals surface area contributed by atoms with Gasteiger partial charge in [0, 0.05) is 11.0 Å². The van der Waals surface area contributed by atoms with E-state index in [-0.39, 0.29) is 16.7 Å². The van der Waals surface area contributed by atoms with E-state index in [2.05, 4.69) is 15.3 Å². The van der Waals surface area contributed by atoms with Crippen LogP contribution in [0.2, 0.25) is 0 Å². The van der Waals surface area contributed by atoms with Gasteiger partial charge in [-0.3, -0.25) is 14.9 Å². The predicted molar refractivity (Wildman–Crippen MR) is 86.5 cm³/mol.